The van der Waals surface area contributed by atoms with Crippen LogP contribution in [0.3, 0.4) is 0 Å². The summed E-state index contributed by atoms with van der Waals surface area (Å²) in [6, 6.07) is 1.79. The van der Waals surface area contributed by atoms with Crippen molar-refractivity contribution in [1.82, 2.24) is 15.1 Å². The van der Waals surface area contributed by atoms with Gasteiger partial charge in [0.15, 0.2) is 0 Å². The molecule has 0 aromatic heterocycles. The molecule has 2 aliphatic heterocycles. The largest absolute Gasteiger partial charge is 0.314 e. The standard InChI is InChI=1S/C15H29N3/c1-2-13-5-3-4-6-15(13)18-11-14(12-18)17-9-7-16-8-10-17/h13-16H,2-12H2,1H3. The summed E-state index contributed by atoms with van der Waals surface area (Å²) in [5.74, 6) is 0.989. The Morgan fingerprint density at radius 2 is 1.72 bits per heavy atom. The van der Waals surface area contributed by atoms with Crippen LogP contribution in [-0.2, 0) is 0 Å². The average Bonchev–Trinajstić information content (AvgIpc) is 2.39. The number of rotatable bonds is 3. The minimum absolute atomic E-state index is 0.867. The zero-order chi connectivity index (χ0) is 12.4. The molecule has 3 fully saturated rings. The highest BCUT2D eigenvalue weighted by molar-refractivity contribution is 4.95. The molecule has 0 spiro atoms. The summed E-state index contributed by atoms with van der Waals surface area (Å²) in [4.78, 5) is 5.50. The molecule has 2 heterocycles. The van der Waals surface area contributed by atoms with Crippen LogP contribution in [0.25, 0.3) is 0 Å². The van der Waals surface area contributed by atoms with E-state index in [1.807, 2.05) is 0 Å². The van der Waals surface area contributed by atoms with Crippen LogP contribution >= 0.6 is 0 Å². The van der Waals surface area contributed by atoms with Crippen molar-refractivity contribution in [2.45, 2.75) is 51.1 Å². The van der Waals surface area contributed by atoms with Gasteiger partial charge in [0.25, 0.3) is 0 Å². The third-order valence-corrected chi connectivity index (χ3v) is 5.42. The highest BCUT2D eigenvalue weighted by atomic mass is 15.3. The number of hydrogen-bond acceptors (Lipinski definition) is 3. The maximum Gasteiger partial charge on any atom is 0.0351 e. The number of piperazine rings is 1. The van der Waals surface area contributed by atoms with E-state index in [1.165, 1.54) is 71.4 Å². The first-order valence-corrected chi connectivity index (χ1v) is 8.07. The Hall–Kier alpha value is -0.120. The molecule has 0 radical (unpaired) electrons. The normalized spacial score (nSPS) is 36.5. The Morgan fingerprint density at radius 3 is 2.44 bits per heavy atom. The molecule has 2 unspecified atom stereocenters. The van der Waals surface area contributed by atoms with Crippen molar-refractivity contribution in [1.29, 1.82) is 0 Å². The van der Waals surface area contributed by atoms with Crippen LogP contribution in [0, 0.1) is 5.92 Å². The van der Waals surface area contributed by atoms with Crippen LogP contribution in [0.5, 0.6) is 0 Å². The van der Waals surface area contributed by atoms with E-state index in [0.717, 1.165) is 18.0 Å². The third-order valence-electron chi connectivity index (χ3n) is 5.42. The second-order valence-electron chi connectivity index (χ2n) is 6.41. The molecule has 1 aliphatic carbocycles. The van der Waals surface area contributed by atoms with Gasteiger partial charge in [-0.05, 0) is 18.8 Å². The summed E-state index contributed by atoms with van der Waals surface area (Å²) in [5.41, 5.74) is 0. The summed E-state index contributed by atoms with van der Waals surface area (Å²) in [6.45, 7) is 9.99. The fraction of sp³-hybridized carbons (Fsp3) is 1.00. The lowest BCUT2D eigenvalue weighted by atomic mass is 9.80. The average molecular weight is 251 g/mol. The van der Waals surface area contributed by atoms with Crippen LogP contribution in [0.4, 0.5) is 0 Å². The van der Waals surface area contributed by atoms with E-state index >= 15 is 0 Å². The van der Waals surface area contributed by atoms with E-state index < -0.39 is 0 Å². The molecule has 2 atom stereocenters. The van der Waals surface area contributed by atoms with Crippen LogP contribution in [0.2, 0.25) is 0 Å². The van der Waals surface area contributed by atoms with Gasteiger partial charge in [0.1, 0.15) is 0 Å². The molecule has 104 valence electrons. The van der Waals surface area contributed by atoms with E-state index in [-0.39, 0.29) is 0 Å². The van der Waals surface area contributed by atoms with Crippen molar-refractivity contribution < 1.29 is 0 Å². The Bertz CT molecular complexity index is 256. The molecule has 3 rings (SSSR count). The van der Waals surface area contributed by atoms with Crippen molar-refractivity contribution in [3.63, 3.8) is 0 Å². The molecule has 0 amide bonds. The monoisotopic (exact) mass is 251 g/mol. The number of hydrogen-bond donors (Lipinski definition) is 1. The Kier molecular flexibility index (Phi) is 4.22. The fourth-order valence-corrected chi connectivity index (χ4v) is 4.18. The molecule has 0 aromatic carbocycles. The summed E-state index contributed by atoms with van der Waals surface area (Å²) < 4.78 is 0. The quantitative estimate of drug-likeness (QED) is 0.821. The van der Waals surface area contributed by atoms with Gasteiger partial charge in [-0.25, -0.2) is 0 Å². The first-order valence-electron chi connectivity index (χ1n) is 8.07. The maximum absolute atomic E-state index is 3.45. The summed E-state index contributed by atoms with van der Waals surface area (Å²) >= 11 is 0. The summed E-state index contributed by atoms with van der Waals surface area (Å²) in [5, 5.41) is 3.45. The maximum atomic E-state index is 3.45. The Morgan fingerprint density at radius 1 is 1.00 bits per heavy atom. The van der Waals surface area contributed by atoms with Crippen LogP contribution in [-0.4, -0.2) is 61.2 Å². The van der Waals surface area contributed by atoms with Gasteiger partial charge in [-0.15, -0.1) is 0 Å². The fourth-order valence-electron chi connectivity index (χ4n) is 4.18. The SMILES string of the molecule is CCC1CCCCC1N1CC(N2CCNCC2)C1. The molecule has 18 heavy (non-hydrogen) atoms. The first kappa shape index (κ1) is 12.9. The van der Waals surface area contributed by atoms with Crippen molar-refractivity contribution in [3.8, 4) is 0 Å². The van der Waals surface area contributed by atoms with Gasteiger partial charge in [0, 0.05) is 51.4 Å². The molecule has 3 heteroatoms. The molecule has 0 bridgehead atoms. The van der Waals surface area contributed by atoms with Crippen molar-refractivity contribution in [2.75, 3.05) is 39.3 Å². The van der Waals surface area contributed by atoms with Gasteiger partial charge in [0.2, 0.25) is 0 Å². The van der Waals surface area contributed by atoms with Crippen LogP contribution in [0.1, 0.15) is 39.0 Å². The molecule has 3 nitrogen and oxygen atoms in total. The predicted octanol–water partition coefficient (Wildman–Crippen LogP) is 1.54. The van der Waals surface area contributed by atoms with E-state index in [2.05, 4.69) is 22.0 Å². The zero-order valence-corrected chi connectivity index (χ0v) is 11.9. The highest BCUT2D eigenvalue weighted by Crippen LogP contribution is 2.33. The van der Waals surface area contributed by atoms with Crippen LogP contribution in [0.15, 0.2) is 0 Å². The minimum Gasteiger partial charge on any atom is -0.314 e. The molecule has 1 N–H and O–H groups in total. The van der Waals surface area contributed by atoms with Gasteiger partial charge in [-0.3, -0.25) is 9.80 Å². The second-order valence-corrected chi connectivity index (χ2v) is 6.41. The molecular weight excluding hydrogens is 222 g/mol. The number of nitrogens with zero attached hydrogens (tertiary/aromatic N) is 2. The van der Waals surface area contributed by atoms with Gasteiger partial charge in [-0.1, -0.05) is 26.2 Å². The summed E-state index contributed by atoms with van der Waals surface area (Å²) in [6.07, 6.45) is 7.28. The lowest BCUT2D eigenvalue weighted by molar-refractivity contribution is -0.0286. The Labute approximate surface area is 112 Å². The lowest BCUT2D eigenvalue weighted by Crippen LogP contribution is -2.65. The highest BCUT2D eigenvalue weighted by Gasteiger charge is 2.39. The van der Waals surface area contributed by atoms with Crippen molar-refractivity contribution >= 4 is 0 Å². The molecule has 3 aliphatic rings. The first-order chi connectivity index (χ1) is 8.88. The van der Waals surface area contributed by atoms with Crippen molar-refractivity contribution in [2.24, 2.45) is 5.92 Å². The van der Waals surface area contributed by atoms with Gasteiger partial charge >= 0.3 is 0 Å². The minimum atomic E-state index is 0.867. The van der Waals surface area contributed by atoms with Crippen LogP contribution < -0.4 is 5.32 Å². The molecule has 2 saturated heterocycles. The second kappa shape index (κ2) is 5.89. The smallest absolute Gasteiger partial charge is 0.0351 e. The third kappa shape index (κ3) is 2.59. The lowest BCUT2D eigenvalue weighted by Gasteiger charge is -2.52. The molecule has 1 saturated carbocycles. The van der Waals surface area contributed by atoms with E-state index in [4.69, 9.17) is 0 Å². The predicted molar refractivity (Wildman–Crippen MR) is 75.8 cm³/mol. The Balaban J connectivity index is 1.48. The van der Waals surface area contributed by atoms with E-state index in [9.17, 15) is 0 Å². The molecular formula is C15H29N3. The van der Waals surface area contributed by atoms with Gasteiger partial charge in [-0.2, -0.15) is 0 Å². The van der Waals surface area contributed by atoms with E-state index in [1.54, 1.807) is 0 Å². The number of nitrogens with one attached hydrogen (secondary N) is 1. The number of likely N-dealkylation sites (tertiary alicyclic amines) is 1. The van der Waals surface area contributed by atoms with Crippen molar-refractivity contribution in [3.05, 3.63) is 0 Å². The van der Waals surface area contributed by atoms with Gasteiger partial charge < -0.3 is 5.32 Å². The topological polar surface area (TPSA) is 18.5 Å². The van der Waals surface area contributed by atoms with Gasteiger partial charge in [0.05, 0.1) is 0 Å². The summed E-state index contributed by atoms with van der Waals surface area (Å²) in [7, 11) is 0. The molecule has 0 aromatic rings. The van der Waals surface area contributed by atoms with E-state index in [0.29, 0.717) is 0 Å². The zero-order valence-electron chi connectivity index (χ0n) is 11.9.